The van der Waals surface area contributed by atoms with Crippen molar-refractivity contribution in [2.45, 2.75) is 64.1 Å². The van der Waals surface area contributed by atoms with Crippen LogP contribution in [-0.4, -0.2) is 38.7 Å². The number of carbonyl (C=O) groups is 1. The summed E-state index contributed by atoms with van der Waals surface area (Å²) in [6.07, 6.45) is 6.87. The SMILES string of the molecule is CC(C)(C)OC(=O)N[C@H]1CCC[C@@H](Nc2ncc(Cl)c(-c3cccc4[nH]ccc34)n2)C1. The van der Waals surface area contributed by atoms with Gasteiger partial charge in [-0.05, 0) is 58.6 Å². The fourth-order valence-corrected chi connectivity index (χ4v) is 4.22. The number of aromatic amines is 1. The van der Waals surface area contributed by atoms with Gasteiger partial charge in [0, 0.05) is 34.7 Å². The molecule has 0 radical (unpaired) electrons. The number of alkyl carbamates (subject to hydrolysis) is 1. The number of benzene rings is 1. The molecule has 0 spiro atoms. The number of carbonyl (C=O) groups excluding carboxylic acids is 1. The van der Waals surface area contributed by atoms with Crippen LogP contribution < -0.4 is 10.6 Å². The summed E-state index contributed by atoms with van der Waals surface area (Å²) in [7, 11) is 0. The predicted molar refractivity (Wildman–Crippen MR) is 123 cm³/mol. The van der Waals surface area contributed by atoms with E-state index < -0.39 is 5.60 Å². The van der Waals surface area contributed by atoms with E-state index in [0.717, 1.165) is 42.1 Å². The molecule has 2 atom stereocenters. The summed E-state index contributed by atoms with van der Waals surface area (Å²) in [5.74, 6) is 0.537. The number of aromatic nitrogens is 3. The molecule has 1 amide bonds. The molecule has 31 heavy (non-hydrogen) atoms. The van der Waals surface area contributed by atoms with E-state index in [1.807, 2.05) is 51.2 Å². The van der Waals surface area contributed by atoms with Crippen molar-refractivity contribution in [3.05, 3.63) is 41.7 Å². The largest absolute Gasteiger partial charge is 0.444 e. The van der Waals surface area contributed by atoms with E-state index in [2.05, 4.69) is 20.6 Å². The highest BCUT2D eigenvalue weighted by atomic mass is 35.5. The molecule has 0 bridgehead atoms. The highest BCUT2D eigenvalue weighted by Gasteiger charge is 2.26. The molecule has 164 valence electrons. The van der Waals surface area contributed by atoms with Crippen LogP contribution in [0.25, 0.3) is 22.2 Å². The summed E-state index contributed by atoms with van der Waals surface area (Å²) in [5, 5.41) is 7.99. The lowest BCUT2D eigenvalue weighted by atomic mass is 9.91. The zero-order chi connectivity index (χ0) is 22.0. The van der Waals surface area contributed by atoms with Gasteiger partial charge < -0.3 is 20.4 Å². The molecule has 4 rings (SSSR count). The Morgan fingerprint density at radius 1 is 1.23 bits per heavy atom. The van der Waals surface area contributed by atoms with Crippen LogP contribution in [0.4, 0.5) is 10.7 Å². The number of halogens is 1. The number of rotatable bonds is 4. The standard InChI is InChI=1S/C23H28ClN5O2/c1-23(2,3)31-22(30)28-15-7-4-6-14(12-15)27-21-26-13-18(24)20(29-21)17-8-5-9-19-16(17)10-11-25-19/h5,8-11,13-15,25H,4,6-7,12H2,1-3H3,(H,28,30)(H,26,27,29)/t14-,15+/m1/s1. The van der Waals surface area contributed by atoms with E-state index in [1.54, 1.807) is 6.20 Å². The van der Waals surface area contributed by atoms with Gasteiger partial charge >= 0.3 is 6.09 Å². The summed E-state index contributed by atoms with van der Waals surface area (Å²) in [6, 6.07) is 8.24. The Balaban J connectivity index is 1.47. The van der Waals surface area contributed by atoms with Crippen molar-refractivity contribution >= 4 is 34.5 Å². The van der Waals surface area contributed by atoms with Crippen molar-refractivity contribution in [1.29, 1.82) is 0 Å². The quantitative estimate of drug-likeness (QED) is 0.495. The maximum Gasteiger partial charge on any atom is 0.407 e. The zero-order valence-electron chi connectivity index (χ0n) is 18.0. The fourth-order valence-electron chi connectivity index (χ4n) is 4.03. The Kier molecular flexibility index (Phi) is 6.05. The van der Waals surface area contributed by atoms with E-state index in [1.165, 1.54) is 0 Å². The summed E-state index contributed by atoms with van der Waals surface area (Å²) in [4.78, 5) is 24.4. The summed E-state index contributed by atoms with van der Waals surface area (Å²) < 4.78 is 5.39. The number of hydrogen-bond donors (Lipinski definition) is 3. The number of nitrogens with zero attached hydrogens (tertiary/aromatic N) is 2. The van der Waals surface area contributed by atoms with Gasteiger partial charge in [0.25, 0.3) is 0 Å². The lowest BCUT2D eigenvalue weighted by Gasteiger charge is -2.31. The average Bonchev–Trinajstić information content (AvgIpc) is 3.17. The highest BCUT2D eigenvalue weighted by Crippen LogP contribution is 2.32. The van der Waals surface area contributed by atoms with Crippen molar-refractivity contribution in [2.24, 2.45) is 0 Å². The number of H-pyrrole nitrogens is 1. The molecular formula is C23H28ClN5O2. The van der Waals surface area contributed by atoms with Gasteiger partial charge in [0.1, 0.15) is 5.60 Å². The maximum absolute atomic E-state index is 12.1. The van der Waals surface area contributed by atoms with Gasteiger partial charge in [-0.1, -0.05) is 23.7 Å². The maximum atomic E-state index is 12.1. The molecule has 2 aromatic heterocycles. The minimum Gasteiger partial charge on any atom is -0.444 e. The molecule has 1 aliphatic carbocycles. The molecule has 1 aromatic carbocycles. The van der Waals surface area contributed by atoms with Gasteiger partial charge in [0.05, 0.1) is 16.9 Å². The van der Waals surface area contributed by atoms with Crippen LogP contribution in [0.1, 0.15) is 46.5 Å². The Hall–Kier alpha value is -2.80. The van der Waals surface area contributed by atoms with Crippen LogP contribution in [0.5, 0.6) is 0 Å². The van der Waals surface area contributed by atoms with E-state index in [4.69, 9.17) is 21.3 Å². The predicted octanol–water partition coefficient (Wildman–Crippen LogP) is 5.53. The van der Waals surface area contributed by atoms with Crippen LogP contribution in [0.2, 0.25) is 5.02 Å². The molecule has 0 aliphatic heterocycles. The molecule has 8 heteroatoms. The minimum atomic E-state index is -0.508. The molecule has 3 N–H and O–H groups in total. The number of ether oxygens (including phenoxy) is 1. The third-order valence-electron chi connectivity index (χ3n) is 5.32. The lowest BCUT2D eigenvalue weighted by molar-refractivity contribution is 0.0492. The minimum absolute atomic E-state index is 0.0569. The molecule has 2 heterocycles. The lowest BCUT2D eigenvalue weighted by Crippen LogP contribution is -2.44. The van der Waals surface area contributed by atoms with Crippen molar-refractivity contribution in [3.8, 4) is 11.3 Å². The topological polar surface area (TPSA) is 91.9 Å². The van der Waals surface area contributed by atoms with E-state index in [0.29, 0.717) is 16.7 Å². The van der Waals surface area contributed by atoms with Gasteiger partial charge in [-0.25, -0.2) is 14.8 Å². The Morgan fingerprint density at radius 3 is 2.84 bits per heavy atom. The smallest absolute Gasteiger partial charge is 0.407 e. The van der Waals surface area contributed by atoms with Gasteiger partial charge in [0.15, 0.2) is 0 Å². The van der Waals surface area contributed by atoms with Crippen LogP contribution in [0.3, 0.4) is 0 Å². The Labute approximate surface area is 187 Å². The monoisotopic (exact) mass is 441 g/mol. The first kappa shape index (κ1) is 21.4. The average molecular weight is 442 g/mol. The summed E-state index contributed by atoms with van der Waals surface area (Å²) in [5.41, 5.74) is 2.18. The first-order chi connectivity index (χ1) is 14.8. The second-order valence-electron chi connectivity index (χ2n) is 8.99. The molecule has 0 saturated heterocycles. The van der Waals surface area contributed by atoms with Gasteiger partial charge in [-0.2, -0.15) is 0 Å². The molecule has 7 nitrogen and oxygen atoms in total. The Morgan fingerprint density at radius 2 is 2.03 bits per heavy atom. The number of nitrogens with one attached hydrogen (secondary N) is 3. The van der Waals surface area contributed by atoms with E-state index in [9.17, 15) is 4.79 Å². The van der Waals surface area contributed by atoms with Crippen molar-refractivity contribution in [2.75, 3.05) is 5.32 Å². The van der Waals surface area contributed by atoms with Gasteiger partial charge in [0.2, 0.25) is 5.95 Å². The van der Waals surface area contributed by atoms with E-state index >= 15 is 0 Å². The van der Waals surface area contributed by atoms with Crippen LogP contribution in [0, 0.1) is 0 Å². The van der Waals surface area contributed by atoms with Crippen LogP contribution >= 0.6 is 11.6 Å². The van der Waals surface area contributed by atoms with Gasteiger partial charge in [-0.3, -0.25) is 0 Å². The summed E-state index contributed by atoms with van der Waals surface area (Å²) >= 11 is 6.45. The second-order valence-corrected chi connectivity index (χ2v) is 9.39. The second kappa shape index (κ2) is 8.75. The first-order valence-corrected chi connectivity index (χ1v) is 11.0. The molecule has 1 fully saturated rings. The van der Waals surface area contributed by atoms with E-state index in [-0.39, 0.29) is 18.2 Å². The third-order valence-corrected chi connectivity index (χ3v) is 5.60. The highest BCUT2D eigenvalue weighted by molar-refractivity contribution is 6.33. The number of amides is 1. The van der Waals surface area contributed by atoms with Crippen LogP contribution in [0.15, 0.2) is 36.7 Å². The zero-order valence-corrected chi connectivity index (χ0v) is 18.8. The molecule has 3 aromatic rings. The van der Waals surface area contributed by atoms with Crippen LogP contribution in [-0.2, 0) is 4.74 Å². The molecule has 1 saturated carbocycles. The van der Waals surface area contributed by atoms with Gasteiger partial charge in [-0.15, -0.1) is 0 Å². The number of fused-ring (bicyclic) bond motifs is 1. The van der Waals surface area contributed by atoms with Crippen molar-refractivity contribution in [1.82, 2.24) is 20.3 Å². The molecule has 0 unspecified atom stereocenters. The molecular weight excluding hydrogens is 414 g/mol. The number of hydrogen-bond acceptors (Lipinski definition) is 5. The fraction of sp³-hybridized carbons (Fsp3) is 0.435. The third kappa shape index (κ3) is 5.28. The molecule has 1 aliphatic rings. The van der Waals surface area contributed by atoms with Crippen molar-refractivity contribution < 1.29 is 9.53 Å². The normalized spacial score (nSPS) is 19.2. The Bertz CT molecular complexity index is 1080. The first-order valence-electron chi connectivity index (χ1n) is 10.6. The van der Waals surface area contributed by atoms with Crippen molar-refractivity contribution in [3.63, 3.8) is 0 Å². The number of anilines is 1. The summed E-state index contributed by atoms with van der Waals surface area (Å²) in [6.45, 7) is 5.59.